The fourth-order valence-corrected chi connectivity index (χ4v) is 2.11. The maximum Gasteiger partial charge on any atom is 0.225 e. The first-order chi connectivity index (χ1) is 8.20. The van der Waals surface area contributed by atoms with E-state index in [-0.39, 0.29) is 0 Å². The summed E-state index contributed by atoms with van der Waals surface area (Å²) in [6, 6.07) is 8.17. The largest absolute Gasteiger partial charge is 0.297 e. The van der Waals surface area contributed by atoms with E-state index in [0.29, 0.717) is 11.8 Å². The van der Waals surface area contributed by atoms with Gasteiger partial charge >= 0.3 is 0 Å². The van der Waals surface area contributed by atoms with E-state index in [1.165, 1.54) is 5.56 Å². The Morgan fingerprint density at radius 3 is 2.59 bits per heavy atom. The van der Waals surface area contributed by atoms with Gasteiger partial charge in [-0.1, -0.05) is 35.0 Å². The Hall–Kier alpha value is -0.870. The third kappa shape index (κ3) is 3.07. The molecule has 3 nitrogen and oxygen atoms in total. The molecule has 90 valence electrons. The average molecular weight is 315 g/mol. The lowest BCUT2D eigenvalue weighted by Gasteiger charge is -2.07. The second kappa shape index (κ2) is 5.65. The highest BCUT2D eigenvalue weighted by molar-refractivity contribution is 9.10. The lowest BCUT2D eigenvalue weighted by atomic mass is 10.2. The molecule has 1 heterocycles. The lowest BCUT2D eigenvalue weighted by Crippen LogP contribution is -2.05. The molecule has 1 aromatic heterocycles. The van der Waals surface area contributed by atoms with Crippen LogP contribution in [0.4, 0.5) is 0 Å². The van der Waals surface area contributed by atoms with Gasteiger partial charge in [-0.15, -0.1) is 10.2 Å². The Morgan fingerprint density at radius 2 is 1.94 bits per heavy atom. The minimum Gasteiger partial charge on any atom is -0.297 e. The second-order valence-corrected chi connectivity index (χ2v) is 5.10. The van der Waals surface area contributed by atoms with Crippen LogP contribution in [0.25, 0.3) is 0 Å². The molecule has 0 aliphatic heterocycles. The van der Waals surface area contributed by atoms with Gasteiger partial charge in [0.15, 0.2) is 0 Å². The van der Waals surface area contributed by atoms with Gasteiger partial charge in [-0.3, -0.25) is 4.57 Å². The number of halogens is 2. The second-order valence-electron chi connectivity index (χ2n) is 3.85. The van der Waals surface area contributed by atoms with E-state index in [1.807, 2.05) is 16.7 Å². The Balaban J connectivity index is 2.22. The molecule has 0 spiro atoms. The number of hydrogen-bond donors (Lipinski definition) is 0. The van der Waals surface area contributed by atoms with Crippen molar-refractivity contribution in [2.24, 2.45) is 0 Å². The molecule has 17 heavy (non-hydrogen) atoms. The molecule has 5 heteroatoms. The summed E-state index contributed by atoms with van der Waals surface area (Å²) < 4.78 is 3.03. The van der Waals surface area contributed by atoms with Crippen LogP contribution in [0, 0.1) is 0 Å². The maximum atomic E-state index is 6.04. The smallest absolute Gasteiger partial charge is 0.225 e. The zero-order chi connectivity index (χ0) is 12.3. The van der Waals surface area contributed by atoms with Gasteiger partial charge in [-0.2, -0.15) is 0 Å². The van der Waals surface area contributed by atoms with Crippen molar-refractivity contribution in [1.29, 1.82) is 0 Å². The summed E-state index contributed by atoms with van der Waals surface area (Å²) in [5.41, 5.74) is 1.19. The monoisotopic (exact) mass is 313 g/mol. The van der Waals surface area contributed by atoms with E-state index >= 15 is 0 Å². The average Bonchev–Trinajstić information content (AvgIpc) is 2.65. The van der Waals surface area contributed by atoms with Crippen LogP contribution in [0.1, 0.15) is 24.7 Å². The van der Waals surface area contributed by atoms with Crippen molar-refractivity contribution in [2.45, 2.75) is 26.3 Å². The van der Waals surface area contributed by atoms with Crippen LogP contribution < -0.4 is 0 Å². The molecule has 0 N–H and O–H groups in total. The van der Waals surface area contributed by atoms with Crippen LogP contribution in [0.2, 0.25) is 5.28 Å². The topological polar surface area (TPSA) is 30.7 Å². The van der Waals surface area contributed by atoms with Gasteiger partial charge in [0.25, 0.3) is 0 Å². The highest BCUT2D eigenvalue weighted by Crippen LogP contribution is 2.15. The van der Waals surface area contributed by atoms with Crippen LogP contribution in [-0.2, 0) is 13.0 Å². The number of nitrogens with zero attached hydrogens (tertiary/aromatic N) is 3. The number of aryl methyl sites for hydroxylation is 1. The summed E-state index contributed by atoms with van der Waals surface area (Å²) in [4.78, 5) is 0. The normalized spacial score (nSPS) is 10.8. The Kier molecular flexibility index (Phi) is 4.18. The van der Waals surface area contributed by atoms with Crippen LogP contribution in [0.5, 0.6) is 0 Å². The molecule has 0 amide bonds. The molecule has 2 rings (SSSR count). The van der Waals surface area contributed by atoms with Gasteiger partial charge < -0.3 is 0 Å². The summed E-state index contributed by atoms with van der Waals surface area (Å²) in [6.07, 6.45) is 1.94. The van der Waals surface area contributed by atoms with E-state index in [2.05, 4.69) is 45.2 Å². The quantitative estimate of drug-likeness (QED) is 0.861. The van der Waals surface area contributed by atoms with Crippen LogP contribution in [0.15, 0.2) is 28.7 Å². The third-order valence-electron chi connectivity index (χ3n) is 2.51. The molecule has 0 bridgehead atoms. The van der Waals surface area contributed by atoms with Crippen molar-refractivity contribution < 1.29 is 0 Å². The van der Waals surface area contributed by atoms with E-state index in [1.54, 1.807) is 0 Å². The molecule has 0 radical (unpaired) electrons. The summed E-state index contributed by atoms with van der Waals surface area (Å²) in [6.45, 7) is 2.83. The molecular weight excluding hydrogens is 302 g/mol. The number of aromatic nitrogens is 3. The van der Waals surface area contributed by atoms with Gasteiger partial charge in [0.1, 0.15) is 5.82 Å². The highest BCUT2D eigenvalue weighted by Gasteiger charge is 2.09. The first-order valence-corrected chi connectivity index (χ1v) is 6.70. The molecule has 0 aliphatic carbocycles. The van der Waals surface area contributed by atoms with Gasteiger partial charge in [-0.05, 0) is 35.7 Å². The molecule has 0 atom stereocenters. The zero-order valence-electron chi connectivity index (χ0n) is 9.53. The molecule has 0 fully saturated rings. The van der Waals surface area contributed by atoms with Crippen molar-refractivity contribution in [3.8, 4) is 0 Å². The third-order valence-corrected chi connectivity index (χ3v) is 3.32. The van der Waals surface area contributed by atoms with E-state index in [0.717, 1.165) is 23.1 Å². The maximum absolute atomic E-state index is 6.04. The standard InChI is InChI=1S/C12H13BrClN3/c1-2-3-11-15-16-12(14)17(11)8-9-4-6-10(13)7-5-9/h4-7H,2-3,8H2,1H3. The minimum absolute atomic E-state index is 0.455. The van der Waals surface area contributed by atoms with E-state index in [4.69, 9.17) is 11.6 Å². The predicted octanol–water partition coefficient (Wildman–Crippen LogP) is 3.69. The van der Waals surface area contributed by atoms with Crippen LogP contribution >= 0.6 is 27.5 Å². The molecular formula is C12H13BrClN3. The molecule has 0 unspecified atom stereocenters. The minimum atomic E-state index is 0.455. The molecule has 0 saturated carbocycles. The van der Waals surface area contributed by atoms with E-state index < -0.39 is 0 Å². The van der Waals surface area contributed by atoms with Crippen LogP contribution in [0.3, 0.4) is 0 Å². The van der Waals surface area contributed by atoms with Gasteiger partial charge in [0.2, 0.25) is 5.28 Å². The molecule has 2 aromatic rings. The van der Waals surface area contributed by atoms with Gasteiger partial charge in [0.05, 0.1) is 6.54 Å². The first-order valence-electron chi connectivity index (χ1n) is 5.52. The Morgan fingerprint density at radius 1 is 1.24 bits per heavy atom. The lowest BCUT2D eigenvalue weighted by molar-refractivity contribution is 0.705. The van der Waals surface area contributed by atoms with Crippen molar-refractivity contribution >= 4 is 27.5 Å². The van der Waals surface area contributed by atoms with Gasteiger partial charge in [0, 0.05) is 10.9 Å². The number of hydrogen-bond acceptors (Lipinski definition) is 2. The summed E-state index contributed by atoms with van der Waals surface area (Å²) >= 11 is 9.46. The first kappa shape index (κ1) is 12.6. The highest BCUT2D eigenvalue weighted by atomic mass is 79.9. The number of rotatable bonds is 4. The summed E-state index contributed by atoms with van der Waals surface area (Å²) in [5.74, 6) is 0.945. The predicted molar refractivity (Wildman–Crippen MR) is 72.3 cm³/mol. The van der Waals surface area contributed by atoms with E-state index in [9.17, 15) is 0 Å². The van der Waals surface area contributed by atoms with Crippen molar-refractivity contribution in [3.05, 3.63) is 45.4 Å². The summed E-state index contributed by atoms with van der Waals surface area (Å²) in [5, 5.41) is 8.46. The van der Waals surface area contributed by atoms with Crippen molar-refractivity contribution in [1.82, 2.24) is 14.8 Å². The SMILES string of the molecule is CCCc1nnc(Cl)n1Cc1ccc(Br)cc1. The fraction of sp³-hybridized carbons (Fsp3) is 0.333. The Bertz CT molecular complexity index is 493. The van der Waals surface area contributed by atoms with Gasteiger partial charge in [-0.25, -0.2) is 0 Å². The summed E-state index contributed by atoms with van der Waals surface area (Å²) in [7, 11) is 0. The van der Waals surface area contributed by atoms with Crippen molar-refractivity contribution in [3.63, 3.8) is 0 Å². The fourth-order valence-electron chi connectivity index (χ4n) is 1.65. The molecule has 0 saturated heterocycles. The molecule has 1 aromatic carbocycles. The van der Waals surface area contributed by atoms with Crippen LogP contribution in [-0.4, -0.2) is 14.8 Å². The Labute approximate surface area is 114 Å². The number of benzene rings is 1. The molecule has 0 aliphatic rings. The zero-order valence-corrected chi connectivity index (χ0v) is 11.9. The van der Waals surface area contributed by atoms with Crippen molar-refractivity contribution in [2.75, 3.05) is 0 Å².